The van der Waals surface area contributed by atoms with Crippen LogP contribution in [0.2, 0.25) is 0 Å². The summed E-state index contributed by atoms with van der Waals surface area (Å²) >= 11 is 0. The molecule has 1 aromatic rings. The van der Waals surface area contributed by atoms with Crippen LogP contribution in [0.15, 0.2) is 24.3 Å². The second-order valence-corrected chi connectivity index (χ2v) is 5.52. The number of rotatable bonds is 7. The summed E-state index contributed by atoms with van der Waals surface area (Å²) in [7, 11) is 0. The van der Waals surface area contributed by atoms with Gasteiger partial charge in [-0.2, -0.15) is 0 Å². The largest absolute Gasteiger partial charge is 0.508 e. The molecule has 1 aromatic carbocycles. The Morgan fingerprint density at radius 1 is 1.11 bits per heavy atom. The highest BCUT2D eigenvalue weighted by molar-refractivity contribution is 5.26. The van der Waals surface area contributed by atoms with E-state index in [1.807, 2.05) is 12.1 Å². The Bertz CT molecular complexity index is 331. The van der Waals surface area contributed by atoms with Gasteiger partial charge in [0.1, 0.15) is 5.75 Å². The van der Waals surface area contributed by atoms with E-state index in [1.54, 1.807) is 12.1 Å². The first kappa shape index (κ1) is 15.0. The Morgan fingerprint density at radius 2 is 1.72 bits per heavy atom. The summed E-state index contributed by atoms with van der Waals surface area (Å²) in [4.78, 5) is 0. The average Bonchev–Trinajstić information content (AvgIpc) is 2.34. The number of phenolic OH excluding ortho intramolecular Hbond substituents is 1. The molecule has 1 rings (SSSR count). The summed E-state index contributed by atoms with van der Waals surface area (Å²) in [5, 5.41) is 12.9. The summed E-state index contributed by atoms with van der Waals surface area (Å²) in [6.07, 6.45) is 2.24. The van der Waals surface area contributed by atoms with Crippen LogP contribution < -0.4 is 5.32 Å². The molecule has 0 aliphatic carbocycles. The molecule has 2 nitrogen and oxygen atoms in total. The highest BCUT2D eigenvalue weighted by atomic mass is 16.3. The summed E-state index contributed by atoms with van der Waals surface area (Å²) < 4.78 is 0. The highest BCUT2D eigenvalue weighted by Crippen LogP contribution is 2.22. The van der Waals surface area contributed by atoms with Crippen molar-refractivity contribution < 1.29 is 5.11 Å². The predicted octanol–water partition coefficient (Wildman–Crippen LogP) is 3.60. The monoisotopic (exact) mass is 249 g/mol. The number of aromatic hydroxyl groups is 1. The van der Waals surface area contributed by atoms with Crippen LogP contribution >= 0.6 is 0 Å². The Kier molecular flexibility index (Phi) is 6.20. The molecule has 2 unspecified atom stereocenters. The third-order valence-electron chi connectivity index (χ3n) is 3.62. The molecule has 102 valence electrons. The molecule has 0 saturated carbocycles. The van der Waals surface area contributed by atoms with Gasteiger partial charge in [0.05, 0.1) is 0 Å². The summed E-state index contributed by atoms with van der Waals surface area (Å²) in [5.74, 6) is 1.62. The first-order valence-electron chi connectivity index (χ1n) is 7.05. The standard InChI is InChI=1S/C16H27NO/c1-5-10-17-13(4)16(12(2)3)11-14-6-8-15(18)9-7-14/h6-9,12-13,16-18H,5,10-11H2,1-4H3. The highest BCUT2D eigenvalue weighted by Gasteiger charge is 2.20. The normalized spacial score (nSPS) is 14.7. The number of nitrogens with one attached hydrogen (secondary N) is 1. The van der Waals surface area contributed by atoms with Crippen LogP contribution in [0.5, 0.6) is 5.75 Å². The first-order chi connectivity index (χ1) is 8.54. The fraction of sp³-hybridized carbons (Fsp3) is 0.625. The minimum atomic E-state index is 0.344. The van der Waals surface area contributed by atoms with Crippen LogP contribution in [0.3, 0.4) is 0 Å². The van der Waals surface area contributed by atoms with Gasteiger partial charge in [0.25, 0.3) is 0 Å². The zero-order valence-corrected chi connectivity index (χ0v) is 12.1. The molecule has 0 fully saturated rings. The quantitative estimate of drug-likeness (QED) is 0.774. The maximum atomic E-state index is 9.31. The molecule has 2 N–H and O–H groups in total. The second-order valence-electron chi connectivity index (χ2n) is 5.52. The van der Waals surface area contributed by atoms with Crippen molar-refractivity contribution >= 4 is 0 Å². The first-order valence-corrected chi connectivity index (χ1v) is 7.05. The fourth-order valence-corrected chi connectivity index (χ4v) is 2.42. The van der Waals surface area contributed by atoms with Crippen molar-refractivity contribution in [3.63, 3.8) is 0 Å². The van der Waals surface area contributed by atoms with E-state index in [-0.39, 0.29) is 0 Å². The molecule has 0 amide bonds. The minimum Gasteiger partial charge on any atom is -0.508 e. The second kappa shape index (κ2) is 7.42. The summed E-state index contributed by atoms with van der Waals surface area (Å²) in [5.41, 5.74) is 1.30. The maximum absolute atomic E-state index is 9.31. The molecule has 2 heteroatoms. The molecule has 0 aromatic heterocycles. The Hall–Kier alpha value is -1.02. The molecule has 0 aliphatic heterocycles. The van der Waals surface area contributed by atoms with E-state index in [9.17, 15) is 5.11 Å². The Morgan fingerprint density at radius 3 is 2.22 bits per heavy atom. The van der Waals surface area contributed by atoms with Gasteiger partial charge in [-0.1, -0.05) is 32.9 Å². The Balaban J connectivity index is 2.65. The van der Waals surface area contributed by atoms with Gasteiger partial charge in [0.2, 0.25) is 0 Å². The van der Waals surface area contributed by atoms with E-state index in [0.717, 1.165) is 13.0 Å². The van der Waals surface area contributed by atoms with Gasteiger partial charge < -0.3 is 10.4 Å². The topological polar surface area (TPSA) is 32.3 Å². The number of hydrogen-bond donors (Lipinski definition) is 2. The van der Waals surface area contributed by atoms with E-state index in [4.69, 9.17) is 0 Å². The molecular formula is C16H27NO. The lowest BCUT2D eigenvalue weighted by molar-refractivity contribution is 0.289. The Labute approximate surface area is 111 Å². The fourth-order valence-electron chi connectivity index (χ4n) is 2.42. The van der Waals surface area contributed by atoms with Gasteiger partial charge in [-0.3, -0.25) is 0 Å². The molecule has 0 bridgehead atoms. The van der Waals surface area contributed by atoms with Crippen molar-refractivity contribution in [3.05, 3.63) is 29.8 Å². The molecule has 0 heterocycles. The van der Waals surface area contributed by atoms with Crippen molar-refractivity contribution in [2.75, 3.05) is 6.54 Å². The third kappa shape index (κ3) is 4.69. The van der Waals surface area contributed by atoms with E-state index >= 15 is 0 Å². The maximum Gasteiger partial charge on any atom is 0.115 e. The summed E-state index contributed by atoms with van der Waals surface area (Å²) in [6.45, 7) is 10.1. The molecule has 18 heavy (non-hydrogen) atoms. The van der Waals surface area contributed by atoms with Crippen LogP contribution in [0, 0.1) is 11.8 Å². The van der Waals surface area contributed by atoms with Crippen molar-refractivity contribution in [1.29, 1.82) is 0 Å². The molecule has 2 atom stereocenters. The number of hydrogen-bond acceptors (Lipinski definition) is 2. The van der Waals surface area contributed by atoms with Crippen LogP contribution in [-0.4, -0.2) is 17.7 Å². The van der Waals surface area contributed by atoms with Crippen molar-refractivity contribution in [2.24, 2.45) is 11.8 Å². The minimum absolute atomic E-state index is 0.344. The van der Waals surface area contributed by atoms with E-state index in [1.165, 1.54) is 12.0 Å². The van der Waals surface area contributed by atoms with Crippen molar-refractivity contribution in [2.45, 2.75) is 46.6 Å². The lowest BCUT2D eigenvalue weighted by Gasteiger charge is -2.28. The summed E-state index contributed by atoms with van der Waals surface area (Å²) in [6, 6.07) is 8.13. The van der Waals surface area contributed by atoms with Gasteiger partial charge in [0.15, 0.2) is 0 Å². The van der Waals surface area contributed by atoms with E-state index in [0.29, 0.717) is 23.6 Å². The molecule has 0 radical (unpaired) electrons. The van der Waals surface area contributed by atoms with Crippen molar-refractivity contribution in [1.82, 2.24) is 5.32 Å². The van der Waals surface area contributed by atoms with Crippen LogP contribution in [0.1, 0.15) is 39.7 Å². The molecular weight excluding hydrogens is 222 g/mol. The predicted molar refractivity (Wildman–Crippen MR) is 77.9 cm³/mol. The lowest BCUT2D eigenvalue weighted by Crippen LogP contribution is -2.37. The molecule has 0 aliphatic rings. The zero-order valence-electron chi connectivity index (χ0n) is 12.1. The number of benzene rings is 1. The zero-order chi connectivity index (χ0) is 13.5. The van der Waals surface area contributed by atoms with Gasteiger partial charge in [-0.05, 0) is 55.8 Å². The third-order valence-corrected chi connectivity index (χ3v) is 3.62. The van der Waals surface area contributed by atoms with Crippen LogP contribution in [-0.2, 0) is 6.42 Å². The number of phenols is 1. The smallest absolute Gasteiger partial charge is 0.115 e. The van der Waals surface area contributed by atoms with Crippen molar-refractivity contribution in [3.8, 4) is 5.75 Å². The van der Waals surface area contributed by atoms with E-state index in [2.05, 4.69) is 33.0 Å². The molecule has 0 saturated heterocycles. The van der Waals surface area contributed by atoms with Gasteiger partial charge in [-0.15, -0.1) is 0 Å². The average molecular weight is 249 g/mol. The van der Waals surface area contributed by atoms with Crippen LogP contribution in [0.4, 0.5) is 0 Å². The van der Waals surface area contributed by atoms with Crippen LogP contribution in [0.25, 0.3) is 0 Å². The van der Waals surface area contributed by atoms with Gasteiger partial charge in [0, 0.05) is 6.04 Å². The SMILES string of the molecule is CCCNC(C)C(Cc1ccc(O)cc1)C(C)C. The lowest BCUT2D eigenvalue weighted by atomic mass is 9.84. The van der Waals surface area contributed by atoms with Gasteiger partial charge in [-0.25, -0.2) is 0 Å². The van der Waals surface area contributed by atoms with E-state index < -0.39 is 0 Å². The van der Waals surface area contributed by atoms with Gasteiger partial charge >= 0.3 is 0 Å². The molecule has 0 spiro atoms.